The predicted octanol–water partition coefficient (Wildman–Crippen LogP) is 0.896. The number of nitrogens with zero attached hydrogens (tertiary/aromatic N) is 3. The Morgan fingerprint density at radius 1 is 1.35 bits per heavy atom. The fourth-order valence-corrected chi connectivity index (χ4v) is 2.57. The Balaban J connectivity index is 1.75. The van der Waals surface area contributed by atoms with Crippen molar-refractivity contribution in [3.8, 4) is 0 Å². The van der Waals surface area contributed by atoms with Crippen molar-refractivity contribution in [1.82, 2.24) is 20.1 Å². The average molecular weight is 276 g/mol. The molecule has 1 amide bonds. The molecule has 1 fully saturated rings. The SMILES string of the molecule is CC(=O)NCCN1CCN(C(C)c2ccccn2)CC1. The second-order valence-electron chi connectivity index (χ2n) is 5.29. The Hall–Kier alpha value is -1.46. The van der Waals surface area contributed by atoms with E-state index in [9.17, 15) is 4.79 Å². The number of piperazine rings is 1. The van der Waals surface area contributed by atoms with E-state index >= 15 is 0 Å². The highest BCUT2D eigenvalue weighted by molar-refractivity contribution is 5.72. The number of pyridine rings is 1. The molecule has 0 aromatic carbocycles. The van der Waals surface area contributed by atoms with Gasteiger partial charge in [-0.15, -0.1) is 0 Å². The Morgan fingerprint density at radius 3 is 2.70 bits per heavy atom. The number of hydrogen-bond acceptors (Lipinski definition) is 4. The smallest absolute Gasteiger partial charge is 0.216 e. The third-order valence-electron chi connectivity index (χ3n) is 3.87. The van der Waals surface area contributed by atoms with Crippen molar-refractivity contribution in [2.45, 2.75) is 19.9 Å². The monoisotopic (exact) mass is 276 g/mol. The molecule has 1 aliphatic heterocycles. The highest BCUT2D eigenvalue weighted by atomic mass is 16.1. The van der Waals surface area contributed by atoms with Gasteiger partial charge in [-0.1, -0.05) is 6.07 Å². The zero-order valence-electron chi connectivity index (χ0n) is 12.4. The van der Waals surface area contributed by atoms with Gasteiger partial charge in [-0.3, -0.25) is 19.6 Å². The third-order valence-corrected chi connectivity index (χ3v) is 3.87. The maximum absolute atomic E-state index is 10.8. The van der Waals surface area contributed by atoms with E-state index in [1.165, 1.54) is 0 Å². The van der Waals surface area contributed by atoms with Crippen molar-refractivity contribution in [2.75, 3.05) is 39.3 Å². The van der Waals surface area contributed by atoms with Crippen LogP contribution in [0, 0.1) is 0 Å². The van der Waals surface area contributed by atoms with E-state index in [0.29, 0.717) is 6.04 Å². The molecular formula is C15H24N4O. The van der Waals surface area contributed by atoms with E-state index in [1.807, 2.05) is 18.3 Å². The molecule has 1 aromatic heterocycles. The van der Waals surface area contributed by atoms with Crippen molar-refractivity contribution in [1.29, 1.82) is 0 Å². The molecule has 1 unspecified atom stereocenters. The molecule has 0 radical (unpaired) electrons. The summed E-state index contributed by atoms with van der Waals surface area (Å²) in [6, 6.07) is 6.46. The number of carbonyl (C=O) groups is 1. The Bertz CT molecular complexity index is 415. The van der Waals surface area contributed by atoms with Gasteiger partial charge in [0.05, 0.1) is 5.69 Å². The number of hydrogen-bond donors (Lipinski definition) is 1. The molecule has 1 atom stereocenters. The van der Waals surface area contributed by atoms with Crippen molar-refractivity contribution in [3.05, 3.63) is 30.1 Å². The van der Waals surface area contributed by atoms with E-state index in [1.54, 1.807) is 6.92 Å². The van der Waals surface area contributed by atoms with Crippen LogP contribution in [-0.4, -0.2) is 60.0 Å². The molecule has 0 aliphatic carbocycles. The van der Waals surface area contributed by atoms with Gasteiger partial charge in [0, 0.05) is 58.4 Å². The van der Waals surface area contributed by atoms with Crippen molar-refractivity contribution in [2.24, 2.45) is 0 Å². The van der Waals surface area contributed by atoms with Crippen LogP contribution in [0.25, 0.3) is 0 Å². The van der Waals surface area contributed by atoms with Gasteiger partial charge in [0.1, 0.15) is 0 Å². The van der Waals surface area contributed by atoms with E-state index in [-0.39, 0.29) is 5.91 Å². The fourth-order valence-electron chi connectivity index (χ4n) is 2.57. The maximum atomic E-state index is 10.8. The van der Waals surface area contributed by atoms with Crippen molar-refractivity contribution in [3.63, 3.8) is 0 Å². The molecule has 1 aromatic rings. The van der Waals surface area contributed by atoms with E-state index < -0.39 is 0 Å². The van der Waals surface area contributed by atoms with Crippen LogP contribution >= 0.6 is 0 Å². The van der Waals surface area contributed by atoms with Gasteiger partial charge in [0.15, 0.2) is 0 Å². The topological polar surface area (TPSA) is 48.5 Å². The Morgan fingerprint density at radius 2 is 2.10 bits per heavy atom. The maximum Gasteiger partial charge on any atom is 0.216 e. The third kappa shape index (κ3) is 4.28. The van der Waals surface area contributed by atoms with E-state index in [4.69, 9.17) is 0 Å². The summed E-state index contributed by atoms with van der Waals surface area (Å²) in [5, 5.41) is 2.85. The molecule has 1 saturated heterocycles. The van der Waals surface area contributed by atoms with Crippen LogP contribution in [0.5, 0.6) is 0 Å². The van der Waals surface area contributed by atoms with Gasteiger partial charge in [0.2, 0.25) is 5.91 Å². The minimum Gasteiger partial charge on any atom is -0.355 e. The van der Waals surface area contributed by atoms with Crippen LogP contribution in [0.3, 0.4) is 0 Å². The lowest BCUT2D eigenvalue weighted by molar-refractivity contribution is -0.119. The number of carbonyl (C=O) groups excluding carboxylic acids is 1. The van der Waals surface area contributed by atoms with Crippen LogP contribution in [0.2, 0.25) is 0 Å². The summed E-state index contributed by atoms with van der Waals surface area (Å²) in [7, 11) is 0. The standard InChI is InChI=1S/C15H24N4O/c1-13(15-5-3-4-6-17-15)19-11-9-18(10-12-19)8-7-16-14(2)20/h3-6,13H,7-12H2,1-2H3,(H,16,20). The van der Waals surface area contributed by atoms with Crippen molar-refractivity contribution >= 4 is 5.91 Å². The zero-order chi connectivity index (χ0) is 14.4. The molecular weight excluding hydrogens is 252 g/mol. The fraction of sp³-hybridized carbons (Fsp3) is 0.600. The first-order valence-electron chi connectivity index (χ1n) is 7.28. The molecule has 2 heterocycles. The summed E-state index contributed by atoms with van der Waals surface area (Å²) in [6.45, 7) is 9.67. The van der Waals surface area contributed by atoms with Gasteiger partial charge in [-0.2, -0.15) is 0 Å². The second kappa shape index (κ2) is 7.36. The van der Waals surface area contributed by atoms with Gasteiger partial charge in [-0.05, 0) is 19.1 Å². The van der Waals surface area contributed by atoms with Gasteiger partial charge < -0.3 is 5.32 Å². The average Bonchev–Trinajstić information content (AvgIpc) is 2.48. The lowest BCUT2D eigenvalue weighted by atomic mass is 10.1. The molecule has 0 saturated carbocycles. The highest BCUT2D eigenvalue weighted by Crippen LogP contribution is 2.19. The van der Waals surface area contributed by atoms with Gasteiger partial charge >= 0.3 is 0 Å². The molecule has 110 valence electrons. The van der Waals surface area contributed by atoms with Crippen LogP contribution in [0.1, 0.15) is 25.6 Å². The summed E-state index contributed by atoms with van der Waals surface area (Å²) in [5.74, 6) is 0.0485. The number of amides is 1. The largest absolute Gasteiger partial charge is 0.355 e. The molecule has 5 heteroatoms. The normalized spacial score (nSPS) is 18.7. The molecule has 20 heavy (non-hydrogen) atoms. The quantitative estimate of drug-likeness (QED) is 0.868. The number of nitrogens with one attached hydrogen (secondary N) is 1. The van der Waals surface area contributed by atoms with Gasteiger partial charge in [-0.25, -0.2) is 0 Å². The molecule has 0 bridgehead atoms. The first kappa shape index (κ1) is 14.9. The summed E-state index contributed by atoms with van der Waals surface area (Å²) in [6.07, 6.45) is 1.86. The summed E-state index contributed by atoms with van der Waals surface area (Å²) < 4.78 is 0. The summed E-state index contributed by atoms with van der Waals surface area (Å²) >= 11 is 0. The van der Waals surface area contributed by atoms with E-state index in [0.717, 1.165) is 45.0 Å². The van der Waals surface area contributed by atoms with Gasteiger partial charge in [0.25, 0.3) is 0 Å². The predicted molar refractivity (Wildman–Crippen MR) is 79.3 cm³/mol. The van der Waals surface area contributed by atoms with Crippen LogP contribution < -0.4 is 5.32 Å². The number of aromatic nitrogens is 1. The minimum absolute atomic E-state index is 0.0485. The lowest BCUT2D eigenvalue weighted by Crippen LogP contribution is -2.48. The molecule has 1 aliphatic rings. The zero-order valence-corrected chi connectivity index (χ0v) is 12.4. The number of rotatable bonds is 5. The second-order valence-corrected chi connectivity index (χ2v) is 5.29. The highest BCUT2D eigenvalue weighted by Gasteiger charge is 2.22. The summed E-state index contributed by atoms with van der Waals surface area (Å²) in [4.78, 5) is 20.1. The summed E-state index contributed by atoms with van der Waals surface area (Å²) in [5.41, 5.74) is 1.14. The molecule has 2 rings (SSSR count). The first-order valence-corrected chi connectivity index (χ1v) is 7.28. The first-order chi connectivity index (χ1) is 9.66. The molecule has 5 nitrogen and oxygen atoms in total. The minimum atomic E-state index is 0.0485. The molecule has 0 spiro atoms. The lowest BCUT2D eigenvalue weighted by Gasteiger charge is -2.37. The van der Waals surface area contributed by atoms with Crippen LogP contribution in [-0.2, 0) is 4.79 Å². The Labute approximate surface area is 121 Å². The Kier molecular flexibility index (Phi) is 5.49. The molecule has 1 N–H and O–H groups in total. The van der Waals surface area contributed by atoms with Crippen LogP contribution in [0.4, 0.5) is 0 Å². The van der Waals surface area contributed by atoms with E-state index in [2.05, 4.69) is 33.1 Å². The van der Waals surface area contributed by atoms with Crippen LogP contribution in [0.15, 0.2) is 24.4 Å². The van der Waals surface area contributed by atoms with Crippen molar-refractivity contribution < 1.29 is 4.79 Å².